The molecule has 7 heteroatoms. The Labute approximate surface area is 179 Å². The lowest BCUT2D eigenvalue weighted by Crippen LogP contribution is -2.22. The molecule has 0 fully saturated rings. The lowest BCUT2D eigenvalue weighted by Gasteiger charge is -2.12. The molecule has 0 atom stereocenters. The second kappa shape index (κ2) is 10.6. The SMILES string of the molecule is COC(=O)c1ccccc1NC(=O)COC(=O)c1ccccc1OCc1ccccc1. The van der Waals surface area contributed by atoms with Crippen molar-refractivity contribution in [1.82, 2.24) is 0 Å². The predicted octanol–water partition coefficient (Wildman–Crippen LogP) is 3.85. The first-order chi connectivity index (χ1) is 15.1. The molecule has 7 nitrogen and oxygen atoms in total. The Hall–Kier alpha value is -4.13. The summed E-state index contributed by atoms with van der Waals surface area (Å²) in [6, 6.07) is 22.6. The molecule has 31 heavy (non-hydrogen) atoms. The number of para-hydroxylation sites is 2. The quantitative estimate of drug-likeness (QED) is 0.558. The molecular formula is C24H21NO6. The fourth-order valence-electron chi connectivity index (χ4n) is 2.77. The van der Waals surface area contributed by atoms with Crippen molar-refractivity contribution in [2.24, 2.45) is 0 Å². The highest BCUT2D eigenvalue weighted by molar-refractivity contribution is 6.02. The lowest BCUT2D eigenvalue weighted by molar-refractivity contribution is -0.119. The van der Waals surface area contributed by atoms with Gasteiger partial charge >= 0.3 is 11.9 Å². The first-order valence-corrected chi connectivity index (χ1v) is 9.48. The third-order valence-corrected chi connectivity index (χ3v) is 4.28. The van der Waals surface area contributed by atoms with Gasteiger partial charge in [-0.05, 0) is 29.8 Å². The zero-order valence-electron chi connectivity index (χ0n) is 16.9. The van der Waals surface area contributed by atoms with Crippen LogP contribution < -0.4 is 10.1 Å². The molecule has 0 aliphatic rings. The molecule has 0 unspecified atom stereocenters. The lowest BCUT2D eigenvalue weighted by atomic mass is 10.2. The van der Waals surface area contributed by atoms with E-state index >= 15 is 0 Å². The van der Waals surface area contributed by atoms with Crippen LogP contribution in [-0.2, 0) is 20.9 Å². The number of hydrogen-bond donors (Lipinski definition) is 1. The summed E-state index contributed by atoms with van der Waals surface area (Å²) in [5.74, 6) is -1.52. The topological polar surface area (TPSA) is 90.9 Å². The summed E-state index contributed by atoms with van der Waals surface area (Å²) >= 11 is 0. The van der Waals surface area contributed by atoms with Crippen molar-refractivity contribution < 1.29 is 28.6 Å². The van der Waals surface area contributed by atoms with Crippen LogP contribution in [0.15, 0.2) is 78.9 Å². The minimum Gasteiger partial charge on any atom is -0.488 e. The smallest absolute Gasteiger partial charge is 0.342 e. The highest BCUT2D eigenvalue weighted by atomic mass is 16.5. The standard InChI is InChI=1S/C24H21NO6/c1-29-23(27)18-11-5-7-13-20(18)25-22(26)16-31-24(28)19-12-6-8-14-21(19)30-15-17-9-3-2-4-10-17/h2-14H,15-16H2,1H3,(H,25,26). The van der Waals surface area contributed by atoms with Gasteiger partial charge in [0.25, 0.3) is 5.91 Å². The van der Waals surface area contributed by atoms with Gasteiger partial charge < -0.3 is 19.5 Å². The van der Waals surface area contributed by atoms with Crippen LogP contribution >= 0.6 is 0 Å². The van der Waals surface area contributed by atoms with E-state index in [4.69, 9.17) is 14.2 Å². The maximum absolute atomic E-state index is 12.5. The summed E-state index contributed by atoms with van der Waals surface area (Å²) in [4.78, 5) is 36.5. The maximum atomic E-state index is 12.5. The fourth-order valence-corrected chi connectivity index (χ4v) is 2.77. The van der Waals surface area contributed by atoms with Crippen LogP contribution in [-0.4, -0.2) is 31.6 Å². The van der Waals surface area contributed by atoms with Gasteiger partial charge in [0.15, 0.2) is 6.61 Å². The van der Waals surface area contributed by atoms with E-state index < -0.39 is 24.5 Å². The van der Waals surface area contributed by atoms with Gasteiger partial charge in [0.2, 0.25) is 0 Å². The van der Waals surface area contributed by atoms with Crippen molar-refractivity contribution in [3.8, 4) is 5.75 Å². The highest BCUT2D eigenvalue weighted by Crippen LogP contribution is 2.21. The van der Waals surface area contributed by atoms with Crippen LogP contribution in [0.2, 0.25) is 0 Å². The summed E-state index contributed by atoms with van der Waals surface area (Å²) < 4.78 is 15.6. The molecule has 3 rings (SSSR count). The van der Waals surface area contributed by atoms with Gasteiger partial charge in [0.1, 0.15) is 17.9 Å². The Morgan fingerprint density at radius 2 is 1.42 bits per heavy atom. The number of carbonyl (C=O) groups excluding carboxylic acids is 3. The average Bonchev–Trinajstić information content (AvgIpc) is 2.82. The van der Waals surface area contributed by atoms with Crippen LogP contribution in [0.1, 0.15) is 26.3 Å². The third-order valence-electron chi connectivity index (χ3n) is 4.28. The highest BCUT2D eigenvalue weighted by Gasteiger charge is 2.17. The largest absolute Gasteiger partial charge is 0.488 e. The van der Waals surface area contributed by atoms with E-state index in [9.17, 15) is 14.4 Å². The molecule has 158 valence electrons. The van der Waals surface area contributed by atoms with Crippen LogP contribution in [0.25, 0.3) is 0 Å². The second-order valence-electron chi connectivity index (χ2n) is 6.43. The Morgan fingerprint density at radius 3 is 2.16 bits per heavy atom. The summed E-state index contributed by atoms with van der Waals surface area (Å²) in [6.45, 7) is -0.239. The second-order valence-corrected chi connectivity index (χ2v) is 6.43. The first-order valence-electron chi connectivity index (χ1n) is 9.48. The van der Waals surface area contributed by atoms with Gasteiger partial charge in [0.05, 0.1) is 18.4 Å². The molecule has 0 heterocycles. The number of hydrogen-bond acceptors (Lipinski definition) is 6. The van der Waals surface area contributed by atoms with E-state index in [0.29, 0.717) is 5.75 Å². The van der Waals surface area contributed by atoms with Crippen LogP contribution in [0, 0.1) is 0 Å². The summed E-state index contributed by atoms with van der Waals surface area (Å²) in [7, 11) is 1.25. The Kier molecular flexibility index (Phi) is 7.37. The number of benzene rings is 3. The number of rotatable bonds is 8. The number of ether oxygens (including phenoxy) is 3. The van der Waals surface area contributed by atoms with Crippen molar-refractivity contribution in [3.63, 3.8) is 0 Å². The van der Waals surface area contributed by atoms with E-state index in [1.54, 1.807) is 42.5 Å². The first kappa shape index (κ1) is 21.6. The van der Waals surface area contributed by atoms with Crippen LogP contribution in [0.3, 0.4) is 0 Å². The van der Waals surface area contributed by atoms with E-state index in [1.807, 2.05) is 30.3 Å². The van der Waals surface area contributed by atoms with Crippen molar-refractivity contribution >= 4 is 23.5 Å². The molecule has 0 aliphatic carbocycles. The molecule has 0 radical (unpaired) electrons. The predicted molar refractivity (Wildman–Crippen MR) is 114 cm³/mol. The number of esters is 2. The number of methoxy groups -OCH3 is 1. The molecule has 3 aromatic carbocycles. The molecule has 3 aromatic rings. The minimum absolute atomic E-state index is 0.198. The molecule has 0 saturated carbocycles. The van der Waals surface area contributed by atoms with E-state index in [-0.39, 0.29) is 23.4 Å². The monoisotopic (exact) mass is 419 g/mol. The van der Waals surface area contributed by atoms with Gasteiger partial charge in [-0.2, -0.15) is 0 Å². The number of nitrogens with one attached hydrogen (secondary N) is 1. The van der Waals surface area contributed by atoms with E-state index in [0.717, 1.165) is 5.56 Å². The van der Waals surface area contributed by atoms with Gasteiger partial charge in [-0.1, -0.05) is 54.6 Å². The molecule has 0 aliphatic heterocycles. The van der Waals surface area contributed by atoms with Crippen molar-refractivity contribution in [2.75, 3.05) is 19.0 Å². The van der Waals surface area contributed by atoms with Crippen molar-refractivity contribution in [2.45, 2.75) is 6.61 Å². The molecule has 0 spiro atoms. The third kappa shape index (κ3) is 5.93. The van der Waals surface area contributed by atoms with E-state index in [2.05, 4.69) is 5.32 Å². The molecule has 1 amide bonds. The van der Waals surface area contributed by atoms with Gasteiger partial charge in [0, 0.05) is 0 Å². The number of amides is 1. The molecule has 0 saturated heterocycles. The zero-order chi connectivity index (χ0) is 22.1. The van der Waals surface area contributed by atoms with Crippen LogP contribution in [0.5, 0.6) is 5.75 Å². The van der Waals surface area contributed by atoms with Crippen molar-refractivity contribution in [3.05, 3.63) is 95.6 Å². The van der Waals surface area contributed by atoms with E-state index in [1.165, 1.54) is 13.2 Å². The minimum atomic E-state index is -0.694. The maximum Gasteiger partial charge on any atom is 0.342 e. The summed E-state index contributed by atoms with van der Waals surface area (Å²) in [5.41, 5.74) is 1.63. The molecule has 1 N–H and O–H groups in total. The summed E-state index contributed by atoms with van der Waals surface area (Å²) in [6.07, 6.45) is 0. The number of carbonyl (C=O) groups is 3. The van der Waals surface area contributed by atoms with Crippen molar-refractivity contribution in [1.29, 1.82) is 0 Å². The molecule has 0 bridgehead atoms. The normalized spacial score (nSPS) is 10.1. The zero-order valence-corrected chi connectivity index (χ0v) is 16.9. The van der Waals surface area contributed by atoms with Gasteiger partial charge in [-0.25, -0.2) is 9.59 Å². The Balaban J connectivity index is 1.60. The fraction of sp³-hybridized carbons (Fsp3) is 0.125. The van der Waals surface area contributed by atoms with Crippen LogP contribution in [0.4, 0.5) is 5.69 Å². The van der Waals surface area contributed by atoms with Gasteiger partial charge in [-0.3, -0.25) is 4.79 Å². The summed E-state index contributed by atoms with van der Waals surface area (Å²) in [5, 5.41) is 2.55. The molecular weight excluding hydrogens is 398 g/mol. The Bertz CT molecular complexity index is 1060. The average molecular weight is 419 g/mol. The Morgan fingerprint density at radius 1 is 0.774 bits per heavy atom. The number of anilines is 1. The molecule has 0 aromatic heterocycles. The van der Waals surface area contributed by atoms with Gasteiger partial charge in [-0.15, -0.1) is 0 Å².